The number of aryl methyl sites for hydroxylation is 2. The first-order valence-electron chi connectivity index (χ1n) is 5.47. The predicted octanol–water partition coefficient (Wildman–Crippen LogP) is 3.08. The topological polar surface area (TPSA) is 17.8 Å². The van der Waals surface area contributed by atoms with E-state index in [0.29, 0.717) is 0 Å². The summed E-state index contributed by atoms with van der Waals surface area (Å²) in [5.41, 5.74) is 4.74. The van der Waals surface area contributed by atoms with Gasteiger partial charge in [0.15, 0.2) is 0 Å². The van der Waals surface area contributed by atoms with E-state index in [1.165, 1.54) is 16.7 Å². The molecule has 0 amide bonds. The molecule has 1 aromatic heterocycles. The van der Waals surface area contributed by atoms with E-state index in [1.54, 1.807) is 0 Å². The molecule has 1 heterocycles. The minimum atomic E-state index is 0.721. The van der Waals surface area contributed by atoms with Gasteiger partial charge in [0.2, 0.25) is 0 Å². The lowest BCUT2D eigenvalue weighted by Crippen LogP contribution is -1.88. The van der Waals surface area contributed by atoms with Crippen LogP contribution in [0, 0.1) is 0 Å². The molecule has 1 aromatic carbocycles. The predicted molar refractivity (Wildman–Crippen MR) is 70.7 cm³/mol. The smallest absolute Gasteiger partial charge is 0.0963 e. The van der Waals surface area contributed by atoms with Gasteiger partial charge in [0.05, 0.1) is 5.69 Å². The average molecular weight is 232 g/mol. The van der Waals surface area contributed by atoms with E-state index < -0.39 is 0 Å². The van der Waals surface area contributed by atoms with Gasteiger partial charge in [-0.2, -0.15) is 17.7 Å². The molecular weight excluding hydrogens is 216 g/mol. The van der Waals surface area contributed by atoms with Crippen LogP contribution in [0.1, 0.15) is 18.1 Å². The second-order valence-electron chi connectivity index (χ2n) is 3.89. The fourth-order valence-corrected chi connectivity index (χ4v) is 2.03. The third-order valence-electron chi connectivity index (χ3n) is 2.71. The van der Waals surface area contributed by atoms with Crippen LogP contribution in [0.25, 0.3) is 11.3 Å². The van der Waals surface area contributed by atoms with E-state index in [0.717, 1.165) is 17.9 Å². The summed E-state index contributed by atoms with van der Waals surface area (Å²) < 4.78 is 1.84. The zero-order chi connectivity index (χ0) is 11.5. The fourth-order valence-electron chi connectivity index (χ4n) is 1.79. The van der Waals surface area contributed by atoms with Crippen LogP contribution in [0.2, 0.25) is 0 Å². The highest BCUT2D eigenvalue weighted by Gasteiger charge is 2.08. The first-order valence-corrected chi connectivity index (χ1v) is 6.10. The van der Waals surface area contributed by atoms with E-state index in [4.69, 9.17) is 0 Å². The summed E-state index contributed by atoms with van der Waals surface area (Å²) >= 11 is 4.33. The van der Waals surface area contributed by atoms with Gasteiger partial charge in [-0.05, 0) is 12.0 Å². The average Bonchev–Trinajstić information content (AvgIpc) is 2.70. The number of hydrogen-bond acceptors (Lipinski definition) is 2. The molecule has 0 saturated heterocycles. The van der Waals surface area contributed by atoms with E-state index in [2.05, 4.69) is 48.9 Å². The summed E-state index contributed by atoms with van der Waals surface area (Å²) in [5.74, 6) is 0.721. The van der Waals surface area contributed by atoms with Crippen molar-refractivity contribution in [3.63, 3.8) is 0 Å². The van der Waals surface area contributed by atoms with Crippen LogP contribution in [0.5, 0.6) is 0 Å². The van der Waals surface area contributed by atoms with Crippen LogP contribution < -0.4 is 0 Å². The quantitative estimate of drug-likeness (QED) is 0.805. The van der Waals surface area contributed by atoms with Gasteiger partial charge in [0.25, 0.3) is 0 Å². The Morgan fingerprint density at radius 2 is 1.94 bits per heavy atom. The maximum Gasteiger partial charge on any atom is 0.0963 e. The zero-order valence-electron chi connectivity index (χ0n) is 9.64. The highest BCUT2D eigenvalue weighted by atomic mass is 32.1. The molecule has 0 aliphatic rings. The molecule has 0 N–H and O–H groups in total. The first kappa shape index (κ1) is 11.3. The van der Waals surface area contributed by atoms with Crippen molar-refractivity contribution in [1.29, 1.82) is 0 Å². The third-order valence-corrected chi connectivity index (χ3v) is 3.05. The molecule has 0 fully saturated rings. The molecule has 2 aromatic rings. The number of aromatic nitrogens is 2. The van der Waals surface area contributed by atoms with Crippen molar-refractivity contribution in [2.24, 2.45) is 7.05 Å². The SMILES string of the molecule is CCc1ccc(-c2nn(C)cc2CS)cc1. The third kappa shape index (κ3) is 2.14. The van der Waals surface area contributed by atoms with E-state index >= 15 is 0 Å². The monoisotopic (exact) mass is 232 g/mol. The van der Waals surface area contributed by atoms with Crippen molar-refractivity contribution in [2.75, 3.05) is 0 Å². The summed E-state index contributed by atoms with van der Waals surface area (Å²) in [6, 6.07) is 8.58. The van der Waals surface area contributed by atoms with Crippen molar-refractivity contribution in [2.45, 2.75) is 19.1 Å². The highest BCUT2D eigenvalue weighted by Crippen LogP contribution is 2.23. The van der Waals surface area contributed by atoms with Crippen molar-refractivity contribution >= 4 is 12.6 Å². The number of hydrogen-bond donors (Lipinski definition) is 1. The number of benzene rings is 1. The maximum atomic E-state index is 4.47. The van der Waals surface area contributed by atoms with Crippen LogP contribution in [0.15, 0.2) is 30.5 Å². The van der Waals surface area contributed by atoms with Crippen LogP contribution in [-0.2, 0) is 19.2 Å². The Hall–Kier alpha value is -1.22. The van der Waals surface area contributed by atoms with Gasteiger partial charge >= 0.3 is 0 Å². The molecule has 2 nitrogen and oxygen atoms in total. The second-order valence-corrected chi connectivity index (χ2v) is 4.20. The molecule has 0 spiro atoms. The van der Waals surface area contributed by atoms with Gasteiger partial charge in [-0.15, -0.1) is 0 Å². The molecule has 0 saturated carbocycles. The first-order chi connectivity index (χ1) is 7.74. The fraction of sp³-hybridized carbons (Fsp3) is 0.308. The molecule has 0 unspecified atom stereocenters. The molecule has 2 rings (SSSR count). The lowest BCUT2D eigenvalue weighted by molar-refractivity contribution is 0.770. The number of thiol groups is 1. The van der Waals surface area contributed by atoms with E-state index in [-0.39, 0.29) is 0 Å². The van der Waals surface area contributed by atoms with Crippen molar-refractivity contribution in [1.82, 2.24) is 9.78 Å². The summed E-state index contributed by atoms with van der Waals surface area (Å²) in [5, 5.41) is 4.47. The molecule has 0 aliphatic carbocycles. The standard InChI is InChI=1S/C13H16N2S/c1-3-10-4-6-11(7-5-10)13-12(9-16)8-15(2)14-13/h4-8,16H,3,9H2,1-2H3. The molecule has 16 heavy (non-hydrogen) atoms. The van der Waals surface area contributed by atoms with Crippen molar-refractivity contribution in [3.05, 3.63) is 41.6 Å². The Morgan fingerprint density at radius 1 is 1.25 bits per heavy atom. The highest BCUT2D eigenvalue weighted by molar-refractivity contribution is 7.79. The molecule has 84 valence electrons. The number of nitrogens with zero attached hydrogens (tertiary/aromatic N) is 2. The Balaban J connectivity index is 2.41. The molecule has 0 radical (unpaired) electrons. The minimum absolute atomic E-state index is 0.721. The molecule has 0 atom stereocenters. The molecule has 0 bridgehead atoms. The van der Waals surface area contributed by atoms with Crippen LogP contribution in [-0.4, -0.2) is 9.78 Å². The van der Waals surface area contributed by atoms with Crippen LogP contribution >= 0.6 is 12.6 Å². The Kier molecular flexibility index (Phi) is 3.34. The van der Waals surface area contributed by atoms with E-state index in [1.807, 2.05) is 17.9 Å². The lowest BCUT2D eigenvalue weighted by atomic mass is 10.1. The summed E-state index contributed by atoms with van der Waals surface area (Å²) in [6.07, 6.45) is 3.10. The van der Waals surface area contributed by atoms with Gasteiger partial charge in [-0.1, -0.05) is 31.2 Å². The van der Waals surface area contributed by atoms with Crippen molar-refractivity contribution in [3.8, 4) is 11.3 Å². The van der Waals surface area contributed by atoms with Gasteiger partial charge in [-0.25, -0.2) is 0 Å². The van der Waals surface area contributed by atoms with E-state index in [9.17, 15) is 0 Å². The molecule has 0 aliphatic heterocycles. The lowest BCUT2D eigenvalue weighted by Gasteiger charge is -2.01. The Morgan fingerprint density at radius 3 is 2.50 bits per heavy atom. The zero-order valence-corrected chi connectivity index (χ0v) is 10.5. The summed E-state index contributed by atoms with van der Waals surface area (Å²) in [7, 11) is 1.94. The van der Waals surface area contributed by atoms with Crippen LogP contribution in [0.3, 0.4) is 0 Å². The maximum absolute atomic E-state index is 4.47. The number of rotatable bonds is 3. The Labute approximate surface area is 102 Å². The minimum Gasteiger partial charge on any atom is -0.275 e. The Bertz CT molecular complexity index is 471. The van der Waals surface area contributed by atoms with Gasteiger partial charge in [-0.3, -0.25) is 4.68 Å². The molecular formula is C13H16N2S. The largest absolute Gasteiger partial charge is 0.275 e. The normalized spacial score (nSPS) is 10.7. The van der Waals surface area contributed by atoms with Gasteiger partial charge in [0, 0.05) is 30.1 Å². The summed E-state index contributed by atoms with van der Waals surface area (Å²) in [6.45, 7) is 2.16. The van der Waals surface area contributed by atoms with Gasteiger partial charge < -0.3 is 0 Å². The second kappa shape index (κ2) is 4.74. The van der Waals surface area contributed by atoms with Crippen LogP contribution in [0.4, 0.5) is 0 Å². The van der Waals surface area contributed by atoms with Gasteiger partial charge in [0.1, 0.15) is 0 Å². The van der Waals surface area contributed by atoms with Crippen molar-refractivity contribution < 1.29 is 0 Å². The summed E-state index contributed by atoms with van der Waals surface area (Å²) in [4.78, 5) is 0. The molecule has 3 heteroatoms.